The topological polar surface area (TPSA) is 35.2 Å². The van der Waals surface area contributed by atoms with Crippen molar-refractivity contribution in [1.29, 1.82) is 0 Å². The van der Waals surface area contributed by atoms with Gasteiger partial charge in [-0.1, -0.05) is 53.2 Å². The number of hydrogen-bond donors (Lipinski definition) is 1. The Kier molecular flexibility index (Phi) is 6.27. The van der Waals surface area contributed by atoms with Crippen molar-refractivity contribution in [3.8, 4) is 5.75 Å². The number of ether oxygens (including phenoxy) is 1. The summed E-state index contributed by atoms with van der Waals surface area (Å²) in [7, 11) is 0. The van der Waals surface area contributed by atoms with Gasteiger partial charge in [-0.3, -0.25) is 0 Å². The maximum atomic E-state index is 6.04. The third-order valence-corrected chi connectivity index (χ3v) is 4.30. The molecule has 0 fully saturated rings. The molecule has 0 saturated heterocycles. The van der Waals surface area contributed by atoms with Crippen molar-refractivity contribution in [2.75, 3.05) is 6.61 Å². The highest BCUT2D eigenvalue weighted by atomic mass is 79.9. The van der Waals surface area contributed by atoms with E-state index in [1.165, 1.54) is 11.1 Å². The normalized spacial score (nSPS) is 12.1. The highest BCUT2D eigenvalue weighted by Gasteiger charge is 2.07. The molecule has 0 bridgehead atoms. The molecule has 0 heterocycles. The van der Waals surface area contributed by atoms with Crippen LogP contribution in [0.15, 0.2) is 53.0 Å². The van der Waals surface area contributed by atoms with Crippen molar-refractivity contribution in [3.05, 3.63) is 64.1 Å². The van der Waals surface area contributed by atoms with Crippen LogP contribution in [-0.2, 0) is 12.8 Å². The molecule has 0 radical (unpaired) electrons. The van der Waals surface area contributed by atoms with E-state index in [2.05, 4.69) is 53.2 Å². The minimum Gasteiger partial charge on any atom is -0.493 e. The number of rotatable bonds is 7. The summed E-state index contributed by atoms with van der Waals surface area (Å²) in [6.45, 7) is 2.80. The van der Waals surface area contributed by atoms with Crippen LogP contribution in [0.3, 0.4) is 0 Å². The van der Waals surface area contributed by atoms with Gasteiger partial charge in [0.2, 0.25) is 0 Å². The van der Waals surface area contributed by atoms with Crippen LogP contribution in [-0.4, -0.2) is 12.6 Å². The summed E-state index contributed by atoms with van der Waals surface area (Å²) in [5.74, 6) is 0.910. The van der Waals surface area contributed by atoms with Crippen molar-refractivity contribution in [3.63, 3.8) is 0 Å². The standard InChI is InChI=1S/C18H22BrNO/c1-2-16(20)12-15-13-17(8-9-18(15)19)21-11-10-14-6-4-3-5-7-14/h3-9,13,16H,2,10-12,20H2,1H3. The Balaban J connectivity index is 1.92. The predicted molar refractivity (Wildman–Crippen MR) is 91.8 cm³/mol. The third kappa shape index (κ3) is 5.18. The molecule has 0 saturated carbocycles. The van der Waals surface area contributed by atoms with Gasteiger partial charge in [0.15, 0.2) is 0 Å². The van der Waals surface area contributed by atoms with Gasteiger partial charge in [0.1, 0.15) is 5.75 Å². The van der Waals surface area contributed by atoms with Gasteiger partial charge in [-0.05, 0) is 42.2 Å². The molecule has 2 aromatic carbocycles. The van der Waals surface area contributed by atoms with Crippen molar-refractivity contribution >= 4 is 15.9 Å². The van der Waals surface area contributed by atoms with E-state index in [-0.39, 0.29) is 6.04 Å². The molecule has 2 nitrogen and oxygen atoms in total. The van der Waals surface area contributed by atoms with Crippen molar-refractivity contribution in [2.45, 2.75) is 32.2 Å². The Labute approximate surface area is 135 Å². The Hall–Kier alpha value is -1.32. The summed E-state index contributed by atoms with van der Waals surface area (Å²) in [5, 5.41) is 0. The zero-order chi connectivity index (χ0) is 15.1. The lowest BCUT2D eigenvalue weighted by Crippen LogP contribution is -2.21. The average Bonchev–Trinajstić information content (AvgIpc) is 2.51. The van der Waals surface area contributed by atoms with E-state index in [1.54, 1.807) is 0 Å². The predicted octanol–water partition coefficient (Wildman–Crippen LogP) is 4.35. The molecular weight excluding hydrogens is 326 g/mol. The highest BCUT2D eigenvalue weighted by molar-refractivity contribution is 9.10. The zero-order valence-electron chi connectivity index (χ0n) is 12.4. The molecule has 1 unspecified atom stereocenters. The van der Waals surface area contributed by atoms with Crippen LogP contribution in [0.4, 0.5) is 0 Å². The minimum atomic E-state index is 0.195. The molecule has 2 N–H and O–H groups in total. The van der Waals surface area contributed by atoms with E-state index in [4.69, 9.17) is 10.5 Å². The van der Waals surface area contributed by atoms with Crippen LogP contribution >= 0.6 is 15.9 Å². The lowest BCUT2D eigenvalue weighted by molar-refractivity contribution is 0.321. The molecule has 0 aliphatic heterocycles. The van der Waals surface area contributed by atoms with Gasteiger partial charge in [-0.2, -0.15) is 0 Å². The second-order valence-electron chi connectivity index (χ2n) is 5.21. The molecule has 2 rings (SSSR count). The zero-order valence-corrected chi connectivity index (χ0v) is 14.0. The highest BCUT2D eigenvalue weighted by Crippen LogP contribution is 2.24. The van der Waals surface area contributed by atoms with Crippen LogP contribution in [0.5, 0.6) is 5.75 Å². The summed E-state index contributed by atoms with van der Waals surface area (Å²) < 4.78 is 6.96. The first-order valence-corrected chi connectivity index (χ1v) is 8.19. The molecular formula is C18H22BrNO. The summed E-state index contributed by atoms with van der Waals surface area (Å²) in [6.07, 6.45) is 2.76. The average molecular weight is 348 g/mol. The van der Waals surface area contributed by atoms with Gasteiger partial charge in [-0.15, -0.1) is 0 Å². The van der Waals surface area contributed by atoms with Gasteiger partial charge in [-0.25, -0.2) is 0 Å². The van der Waals surface area contributed by atoms with E-state index in [9.17, 15) is 0 Å². The maximum Gasteiger partial charge on any atom is 0.119 e. The Morgan fingerprint density at radius 1 is 1.14 bits per heavy atom. The SMILES string of the molecule is CCC(N)Cc1cc(OCCc2ccccc2)ccc1Br. The van der Waals surface area contributed by atoms with E-state index >= 15 is 0 Å². The van der Waals surface area contributed by atoms with Crippen LogP contribution in [0.1, 0.15) is 24.5 Å². The van der Waals surface area contributed by atoms with E-state index in [1.807, 2.05) is 18.2 Å². The van der Waals surface area contributed by atoms with Crippen molar-refractivity contribution in [1.82, 2.24) is 0 Å². The van der Waals surface area contributed by atoms with Crippen LogP contribution in [0.25, 0.3) is 0 Å². The molecule has 0 aromatic heterocycles. The smallest absolute Gasteiger partial charge is 0.119 e. The monoisotopic (exact) mass is 347 g/mol. The molecule has 0 spiro atoms. The lowest BCUT2D eigenvalue weighted by Gasteiger charge is -2.13. The molecule has 112 valence electrons. The molecule has 2 aromatic rings. The number of halogens is 1. The van der Waals surface area contributed by atoms with Gasteiger partial charge in [0.05, 0.1) is 6.61 Å². The summed E-state index contributed by atoms with van der Waals surface area (Å²) in [6, 6.07) is 16.7. The summed E-state index contributed by atoms with van der Waals surface area (Å²) in [5.41, 5.74) is 8.54. The third-order valence-electron chi connectivity index (χ3n) is 3.53. The Morgan fingerprint density at radius 2 is 1.90 bits per heavy atom. The minimum absolute atomic E-state index is 0.195. The molecule has 0 aliphatic rings. The molecule has 0 amide bonds. The quantitative estimate of drug-likeness (QED) is 0.807. The summed E-state index contributed by atoms with van der Waals surface area (Å²) in [4.78, 5) is 0. The van der Waals surface area contributed by atoms with Crippen molar-refractivity contribution < 1.29 is 4.74 Å². The maximum absolute atomic E-state index is 6.04. The summed E-state index contributed by atoms with van der Waals surface area (Å²) >= 11 is 3.58. The lowest BCUT2D eigenvalue weighted by atomic mass is 10.0. The fourth-order valence-corrected chi connectivity index (χ4v) is 2.56. The van der Waals surface area contributed by atoms with Gasteiger partial charge in [0.25, 0.3) is 0 Å². The van der Waals surface area contributed by atoms with E-state index in [0.717, 1.165) is 29.5 Å². The first-order chi connectivity index (χ1) is 10.2. The first-order valence-electron chi connectivity index (χ1n) is 7.39. The van der Waals surface area contributed by atoms with Crippen molar-refractivity contribution in [2.24, 2.45) is 5.73 Å². The number of benzene rings is 2. The largest absolute Gasteiger partial charge is 0.493 e. The van der Waals surface area contributed by atoms with Crippen LogP contribution < -0.4 is 10.5 Å². The molecule has 3 heteroatoms. The van der Waals surface area contributed by atoms with Crippen LogP contribution in [0.2, 0.25) is 0 Å². The second-order valence-corrected chi connectivity index (χ2v) is 6.06. The van der Waals surface area contributed by atoms with Gasteiger partial charge >= 0.3 is 0 Å². The van der Waals surface area contributed by atoms with Gasteiger partial charge in [0, 0.05) is 16.9 Å². The Bertz CT molecular complexity index is 556. The Morgan fingerprint density at radius 3 is 2.62 bits per heavy atom. The van der Waals surface area contributed by atoms with Gasteiger partial charge < -0.3 is 10.5 Å². The molecule has 0 aliphatic carbocycles. The fraction of sp³-hybridized carbons (Fsp3) is 0.333. The second kappa shape index (κ2) is 8.20. The molecule has 1 atom stereocenters. The number of nitrogens with two attached hydrogens (primary N) is 1. The number of hydrogen-bond acceptors (Lipinski definition) is 2. The van der Waals surface area contributed by atoms with Crippen LogP contribution in [0, 0.1) is 0 Å². The first kappa shape index (κ1) is 16.1. The molecule has 21 heavy (non-hydrogen) atoms. The van der Waals surface area contributed by atoms with E-state index in [0.29, 0.717) is 6.61 Å². The van der Waals surface area contributed by atoms with E-state index < -0.39 is 0 Å². The fourth-order valence-electron chi connectivity index (χ4n) is 2.16.